The summed E-state index contributed by atoms with van der Waals surface area (Å²) in [6.07, 6.45) is 3.79. The standard InChI is InChI=1S/C22H29N3O6S/c1-14-6-5-7-17(15(14)2)25(11-16-8-9-18-19(10-16)31-13-30-18)32(28,29)20-12-23(3)22(27)24(4)21(20)26/h8-10,12,14-15,17H,5-7,11,13H2,1-4H3/t14-,15+,17-/m1/s1. The molecule has 2 aromatic rings. The van der Waals surface area contributed by atoms with Gasteiger partial charge in [0.05, 0.1) is 0 Å². The van der Waals surface area contributed by atoms with Crippen molar-refractivity contribution >= 4 is 10.0 Å². The van der Waals surface area contributed by atoms with Crippen molar-refractivity contribution in [2.75, 3.05) is 6.79 Å². The number of ether oxygens (including phenoxy) is 2. The Bertz CT molecular complexity index is 1250. The second-order valence-electron chi connectivity index (χ2n) is 8.82. The van der Waals surface area contributed by atoms with Gasteiger partial charge in [-0.2, -0.15) is 4.31 Å². The van der Waals surface area contributed by atoms with Gasteiger partial charge in [-0.25, -0.2) is 13.2 Å². The van der Waals surface area contributed by atoms with Gasteiger partial charge in [-0.15, -0.1) is 0 Å². The summed E-state index contributed by atoms with van der Waals surface area (Å²) < 4.78 is 42.0. The van der Waals surface area contributed by atoms with Crippen molar-refractivity contribution in [3.8, 4) is 11.5 Å². The SMILES string of the molecule is C[C@H]1[C@H](C)CCC[C@H]1N(Cc1ccc2c(c1)OCO2)S(=O)(=O)c1cn(C)c(=O)n(C)c1=O. The van der Waals surface area contributed by atoms with E-state index in [0.29, 0.717) is 23.8 Å². The molecule has 2 aliphatic rings. The molecule has 0 amide bonds. The summed E-state index contributed by atoms with van der Waals surface area (Å²) in [5.74, 6) is 1.66. The van der Waals surface area contributed by atoms with Crippen LogP contribution in [0.25, 0.3) is 0 Å². The highest BCUT2D eigenvalue weighted by molar-refractivity contribution is 7.89. The van der Waals surface area contributed by atoms with E-state index in [1.807, 2.05) is 6.07 Å². The van der Waals surface area contributed by atoms with Crippen LogP contribution in [0.5, 0.6) is 11.5 Å². The number of fused-ring (bicyclic) bond motifs is 1. The molecule has 1 aromatic heterocycles. The number of nitrogens with zero attached hydrogens (tertiary/aromatic N) is 3. The summed E-state index contributed by atoms with van der Waals surface area (Å²) in [6, 6.07) is 5.09. The molecule has 174 valence electrons. The average molecular weight is 464 g/mol. The van der Waals surface area contributed by atoms with E-state index in [2.05, 4.69) is 13.8 Å². The summed E-state index contributed by atoms with van der Waals surface area (Å²) in [5.41, 5.74) is -0.652. The zero-order chi connectivity index (χ0) is 23.2. The highest BCUT2D eigenvalue weighted by atomic mass is 32.2. The Labute approximate surface area is 187 Å². The summed E-state index contributed by atoms with van der Waals surface area (Å²) in [5, 5.41) is 0. The van der Waals surface area contributed by atoms with Crippen molar-refractivity contribution in [2.45, 2.75) is 50.6 Å². The Balaban J connectivity index is 1.82. The van der Waals surface area contributed by atoms with Crippen molar-refractivity contribution in [2.24, 2.45) is 25.9 Å². The Morgan fingerprint density at radius 2 is 1.81 bits per heavy atom. The number of sulfonamides is 1. The number of rotatable bonds is 5. The van der Waals surface area contributed by atoms with E-state index in [1.54, 1.807) is 12.1 Å². The highest BCUT2D eigenvalue weighted by Crippen LogP contribution is 2.37. The minimum absolute atomic E-state index is 0.0900. The monoisotopic (exact) mass is 463 g/mol. The van der Waals surface area contributed by atoms with Crippen LogP contribution in [0.4, 0.5) is 0 Å². The lowest BCUT2D eigenvalue weighted by atomic mass is 9.78. The van der Waals surface area contributed by atoms with Crippen LogP contribution in [0.2, 0.25) is 0 Å². The second kappa shape index (κ2) is 8.40. The van der Waals surface area contributed by atoms with Crippen LogP contribution >= 0.6 is 0 Å². The third-order valence-corrected chi connectivity index (χ3v) is 8.66. The number of hydrogen-bond donors (Lipinski definition) is 0. The van der Waals surface area contributed by atoms with Gasteiger partial charge in [0, 0.05) is 32.9 Å². The number of aryl methyl sites for hydroxylation is 1. The van der Waals surface area contributed by atoms with Gasteiger partial charge in [0.25, 0.3) is 15.6 Å². The van der Waals surface area contributed by atoms with Crippen LogP contribution in [0.15, 0.2) is 38.9 Å². The first kappa shape index (κ1) is 22.6. The zero-order valence-electron chi connectivity index (χ0n) is 18.8. The van der Waals surface area contributed by atoms with Crippen molar-refractivity contribution in [1.29, 1.82) is 0 Å². The predicted octanol–water partition coefficient (Wildman–Crippen LogP) is 1.83. The quantitative estimate of drug-likeness (QED) is 0.671. The normalized spacial score (nSPS) is 23.0. The molecule has 10 heteroatoms. The third-order valence-electron chi connectivity index (χ3n) is 6.81. The first-order chi connectivity index (χ1) is 15.1. The molecular weight excluding hydrogens is 434 g/mol. The molecule has 4 rings (SSSR count). The van der Waals surface area contributed by atoms with E-state index in [4.69, 9.17) is 9.47 Å². The average Bonchev–Trinajstić information content (AvgIpc) is 3.23. The molecule has 9 nitrogen and oxygen atoms in total. The third kappa shape index (κ3) is 3.86. The lowest BCUT2D eigenvalue weighted by Gasteiger charge is -2.40. The van der Waals surface area contributed by atoms with E-state index < -0.39 is 26.2 Å². The molecule has 1 saturated carbocycles. The molecule has 0 N–H and O–H groups in total. The minimum atomic E-state index is -4.19. The first-order valence-corrected chi connectivity index (χ1v) is 12.2. The molecule has 0 bridgehead atoms. The Hall–Kier alpha value is -2.59. The molecule has 2 heterocycles. The Morgan fingerprint density at radius 1 is 1.09 bits per heavy atom. The fourth-order valence-electron chi connectivity index (χ4n) is 4.64. The van der Waals surface area contributed by atoms with Gasteiger partial charge in [0.1, 0.15) is 0 Å². The Kier molecular flexibility index (Phi) is 5.93. The lowest BCUT2D eigenvalue weighted by molar-refractivity contribution is 0.138. The van der Waals surface area contributed by atoms with Crippen LogP contribution in [0.3, 0.4) is 0 Å². The predicted molar refractivity (Wildman–Crippen MR) is 118 cm³/mol. The van der Waals surface area contributed by atoms with Crippen LogP contribution < -0.4 is 20.7 Å². The van der Waals surface area contributed by atoms with Crippen molar-refractivity contribution in [1.82, 2.24) is 13.4 Å². The molecule has 1 aliphatic heterocycles. The smallest absolute Gasteiger partial charge is 0.330 e. The highest BCUT2D eigenvalue weighted by Gasteiger charge is 2.40. The molecule has 0 spiro atoms. The van der Waals surface area contributed by atoms with Gasteiger partial charge >= 0.3 is 5.69 Å². The van der Waals surface area contributed by atoms with Crippen LogP contribution in [0.1, 0.15) is 38.7 Å². The van der Waals surface area contributed by atoms with Gasteiger partial charge in [0.2, 0.25) is 6.79 Å². The van der Waals surface area contributed by atoms with E-state index in [0.717, 1.165) is 33.7 Å². The summed E-state index contributed by atoms with van der Waals surface area (Å²) >= 11 is 0. The molecule has 32 heavy (non-hydrogen) atoms. The molecular formula is C22H29N3O6S. The maximum absolute atomic E-state index is 13.9. The second-order valence-corrected chi connectivity index (χ2v) is 10.7. The Morgan fingerprint density at radius 3 is 2.56 bits per heavy atom. The van der Waals surface area contributed by atoms with E-state index in [1.165, 1.54) is 18.4 Å². The van der Waals surface area contributed by atoms with Gasteiger partial charge in [0.15, 0.2) is 16.4 Å². The zero-order valence-corrected chi connectivity index (χ0v) is 19.6. The van der Waals surface area contributed by atoms with Gasteiger partial charge < -0.3 is 14.0 Å². The maximum atomic E-state index is 13.9. The molecule has 1 fully saturated rings. The van der Waals surface area contributed by atoms with E-state index in [-0.39, 0.29) is 25.3 Å². The topological polar surface area (TPSA) is 99.8 Å². The molecule has 3 atom stereocenters. The van der Waals surface area contributed by atoms with Crippen LogP contribution in [-0.2, 0) is 30.7 Å². The van der Waals surface area contributed by atoms with Crippen molar-refractivity contribution in [3.63, 3.8) is 0 Å². The summed E-state index contributed by atoms with van der Waals surface area (Å²) in [6.45, 7) is 4.42. The molecule has 0 radical (unpaired) electrons. The molecule has 1 aliphatic carbocycles. The first-order valence-electron chi connectivity index (χ1n) is 10.8. The van der Waals surface area contributed by atoms with Crippen molar-refractivity contribution in [3.05, 3.63) is 50.8 Å². The lowest BCUT2D eigenvalue weighted by Crippen LogP contribution is -2.49. The molecule has 0 saturated heterocycles. The maximum Gasteiger partial charge on any atom is 0.330 e. The minimum Gasteiger partial charge on any atom is -0.454 e. The van der Waals surface area contributed by atoms with Crippen LogP contribution in [-0.4, -0.2) is 34.7 Å². The number of hydrogen-bond acceptors (Lipinski definition) is 6. The largest absolute Gasteiger partial charge is 0.454 e. The van der Waals surface area contributed by atoms with Crippen molar-refractivity contribution < 1.29 is 17.9 Å². The summed E-state index contributed by atoms with van der Waals surface area (Å²) in [4.78, 5) is 24.6. The fraction of sp³-hybridized carbons (Fsp3) is 0.545. The fourth-order valence-corrected chi connectivity index (χ4v) is 6.51. The number of benzene rings is 1. The van der Waals surface area contributed by atoms with Gasteiger partial charge in [-0.1, -0.05) is 32.8 Å². The van der Waals surface area contributed by atoms with Crippen LogP contribution in [0, 0.1) is 11.8 Å². The molecule has 1 aromatic carbocycles. The van der Waals surface area contributed by atoms with Gasteiger partial charge in [-0.3, -0.25) is 9.36 Å². The van der Waals surface area contributed by atoms with Gasteiger partial charge in [-0.05, 0) is 36.0 Å². The van der Waals surface area contributed by atoms with E-state index in [9.17, 15) is 18.0 Å². The van der Waals surface area contributed by atoms with E-state index >= 15 is 0 Å². The molecule has 0 unspecified atom stereocenters. The summed E-state index contributed by atoms with van der Waals surface area (Å²) in [7, 11) is -1.47. The number of aromatic nitrogens is 2.